The number of hydrogen-bond acceptors (Lipinski definition) is 7. The summed E-state index contributed by atoms with van der Waals surface area (Å²) in [6.45, 7) is 11.6. The molecule has 0 radical (unpaired) electrons. The molecule has 4 heterocycles. The molecule has 194 valence electrons. The number of rotatable bonds is 6. The summed E-state index contributed by atoms with van der Waals surface area (Å²) in [5.41, 5.74) is 3.11. The predicted molar refractivity (Wildman–Crippen MR) is 140 cm³/mol. The number of hydrogen-bond donors (Lipinski definition) is 1. The molecular formula is C27H31F2N7O. The second-order valence-electron chi connectivity index (χ2n) is 8.92. The molecule has 0 saturated carbocycles. The van der Waals surface area contributed by atoms with E-state index in [1.165, 1.54) is 6.07 Å². The maximum Gasteiger partial charge on any atom is 0.229 e. The smallest absolute Gasteiger partial charge is 0.229 e. The highest BCUT2D eigenvalue weighted by atomic mass is 19.1. The number of aromatic nitrogens is 5. The van der Waals surface area contributed by atoms with Gasteiger partial charge in [-0.05, 0) is 44.5 Å². The molecule has 5 rings (SSSR count). The largest absolute Gasteiger partial charge is 0.326 e. The number of fused-ring (bicyclic) bond motifs is 2. The number of nitrogens with zero attached hydrogens (tertiary/aromatic N) is 6. The Labute approximate surface area is 214 Å². The Hall–Kier alpha value is -3.79. The zero-order valence-electron chi connectivity index (χ0n) is 21.7. The van der Waals surface area contributed by atoms with Crippen LogP contribution in [0.2, 0.25) is 0 Å². The van der Waals surface area contributed by atoms with E-state index in [2.05, 4.69) is 30.2 Å². The summed E-state index contributed by atoms with van der Waals surface area (Å²) in [6, 6.07) is 6.76. The SMILES string of the molecule is CC.Cc1nc2c(F)cc(-c3nc(Nc4ccc5c(n4)CCN(CC=O)C5)ncc3F)cc2n1C(C)C. The molecule has 0 fully saturated rings. The zero-order valence-corrected chi connectivity index (χ0v) is 21.7. The van der Waals surface area contributed by atoms with Crippen LogP contribution in [0.5, 0.6) is 0 Å². The maximum atomic E-state index is 14.9. The van der Waals surface area contributed by atoms with E-state index in [9.17, 15) is 13.6 Å². The van der Waals surface area contributed by atoms with E-state index in [1.54, 1.807) is 12.1 Å². The van der Waals surface area contributed by atoms with E-state index < -0.39 is 11.6 Å². The van der Waals surface area contributed by atoms with Gasteiger partial charge in [-0.15, -0.1) is 0 Å². The van der Waals surface area contributed by atoms with Crippen LogP contribution in [-0.4, -0.2) is 48.8 Å². The van der Waals surface area contributed by atoms with Gasteiger partial charge in [0, 0.05) is 36.8 Å². The third-order valence-corrected chi connectivity index (χ3v) is 6.16. The fraction of sp³-hybridized carbons (Fsp3) is 0.370. The average Bonchev–Trinajstić information content (AvgIpc) is 3.23. The first kappa shape index (κ1) is 26.3. The summed E-state index contributed by atoms with van der Waals surface area (Å²) in [5, 5.41) is 3.03. The van der Waals surface area contributed by atoms with Crippen molar-refractivity contribution in [2.24, 2.45) is 0 Å². The summed E-state index contributed by atoms with van der Waals surface area (Å²) in [4.78, 5) is 30.2. The molecule has 1 aliphatic heterocycles. The Morgan fingerprint density at radius 2 is 1.89 bits per heavy atom. The number of carbonyl (C=O) groups excluding carboxylic acids is 1. The zero-order chi connectivity index (χ0) is 26.7. The molecule has 1 aliphatic rings. The molecule has 37 heavy (non-hydrogen) atoms. The molecule has 0 unspecified atom stereocenters. The van der Waals surface area contributed by atoms with Crippen LogP contribution in [0.15, 0.2) is 30.5 Å². The first-order valence-electron chi connectivity index (χ1n) is 12.5. The first-order valence-corrected chi connectivity index (χ1v) is 12.5. The average molecular weight is 508 g/mol. The number of aryl methyl sites for hydroxylation is 1. The molecular weight excluding hydrogens is 476 g/mol. The number of halogens is 2. The number of pyridine rings is 1. The third-order valence-electron chi connectivity index (χ3n) is 6.16. The van der Waals surface area contributed by atoms with Gasteiger partial charge in [0.15, 0.2) is 11.6 Å². The van der Waals surface area contributed by atoms with Gasteiger partial charge in [-0.25, -0.2) is 28.7 Å². The number of nitrogens with one attached hydrogen (secondary N) is 1. The molecule has 10 heteroatoms. The van der Waals surface area contributed by atoms with Gasteiger partial charge in [-0.2, -0.15) is 0 Å². The number of benzene rings is 1. The fourth-order valence-electron chi connectivity index (χ4n) is 4.61. The Morgan fingerprint density at radius 3 is 2.62 bits per heavy atom. The van der Waals surface area contributed by atoms with Crippen molar-refractivity contribution in [1.29, 1.82) is 0 Å². The van der Waals surface area contributed by atoms with Gasteiger partial charge in [0.25, 0.3) is 0 Å². The minimum absolute atomic E-state index is 0.0140. The van der Waals surface area contributed by atoms with Crippen LogP contribution < -0.4 is 5.32 Å². The van der Waals surface area contributed by atoms with Gasteiger partial charge in [-0.3, -0.25) is 4.90 Å². The third kappa shape index (κ3) is 5.34. The van der Waals surface area contributed by atoms with Crippen LogP contribution in [0.25, 0.3) is 22.3 Å². The number of anilines is 2. The highest BCUT2D eigenvalue weighted by molar-refractivity contribution is 5.83. The highest BCUT2D eigenvalue weighted by Gasteiger charge is 2.20. The van der Waals surface area contributed by atoms with Crippen molar-refractivity contribution >= 4 is 29.1 Å². The van der Waals surface area contributed by atoms with E-state index in [4.69, 9.17) is 0 Å². The second-order valence-corrected chi connectivity index (χ2v) is 8.92. The predicted octanol–water partition coefficient (Wildman–Crippen LogP) is 5.38. The van der Waals surface area contributed by atoms with Crippen molar-refractivity contribution < 1.29 is 13.6 Å². The lowest BCUT2D eigenvalue weighted by Crippen LogP contribution is -2.32. The highest BCUT2D eigenvalue weighted by Crippen LogP contribution is 2.30. The summed E-state index contributed by atoms with van der Waals surface area (Å²) < 4.78 is 31.6. The van der Waals surface area contributed by atoms with Crippen LogP contribution in [0.3, 0.4) is 0 Å². The van der Waals surface area contributed by atoms with Crippen LogP contribution in [-0.2, 0) is 17.8 Å². The van der Waals surface area contributed by atoms with E-state index in [-0.39, 0.29) is 23.2 Å². The Kier molecular flexibility index (Phi) is 7.87. The second kappa shape index (κ2) is 11.1. The van der Waals surface area contributed by atoms with Crippen molar-refractivity contribution in [3.63, 3.8) is 0 Å². The molecule has 0 bridgehead atoms. The lowest BCUT2D eigenvalue weighted by Gasteiger charge is -2.26. The molecule has 0 spiro atoms. The van der Waals surface area contributed by atoms with Gasteiger partial charge in [0.1, 0.15) is 29.1 Å². The maximum absolute atomic E-state index is 14.9. The number of carbonyl (C=O) groups is 1. The fourth-order valence-corrected chi connectivity index (χ4v) is 4.61. The summed E-state index contributed by atoms with van der Waals surface area (Å²) in [6.07, 6.45) is 2.68. The standard InChI is InChI=1S/C25H25F2N7O.C2H6/c1-14(2)34-15(3)29-24-18(26)10-17(11-21(24)34)23-19(27)12-28-25(32-23)31-22-5-4-16-13-33(8-9-35)7-6-20(16)30-22;1-2/h4-5,9-12,14H,6-8,13H2,1-3H3,(H,28,30,31,32);1-2H3. The summed E-state index contributed by atoms with van der Waals surface area (Å²) in [7, 11) is 0. The molecule has 8 nitrogen and oxygen atoms in total. The minimum atomic E-state index is -0.657. The van der Waals surface area contributed by atoms with Crippen molar-refractivity contribution in [3.8, 4) is 11.3 Å². The van der Waals surface area contributed by atoms with Gasteiger partial charge >= 0.3 is 0 Å². The normalized spacial score (nSPS) is 13.3. The molecule has 3 aromatic heterocycles. The molecule has 0 saturated heterocycles. The molecule has 0 aliphatic carbocycles. The molecule has 0 atom stereocenters. The van der Waals surface area contributed by atoms with E-state index in [1.807, 2.05) is 45.3 Å². The summed E-state index contributed by atoms with van der Waals surface area (Å²) >= 11 is 0. The van der Waals surface area contributed by atoms with Crippen LogP contribution in [0, 0.1) is 18.6 Å². The first-order chi connectivity index (χ1) is 17.8. The lowest BCUT2D eigenvalue weighted by atomic mass is 10.1. The van der Waals surface area contributed by atoms with Gasteiger partial charge in [0.2, 0.25) is 5.95 Å². The van der Waals surface area contributed by atoms with Crippen LogP contribution in [0.4, 0.5) is 20.5 Å². The summed E-state index contributed by atoms with van der Waals surface area (Å²) in [5.74, 6) is 0.175. The topological polar surface area (TPSA) is 88.8 Å². The van der Waals surface area contributed by atoms with Crippen molar-refractivity contribution in [2.75, 3.05) is 18.4 Å². The van der Waals surface area contributed by atoms with Gasteiger partial charge < -0.3 is 14.7 Å². The van der Waals surface area contributed by atoms with Crippen molar-refractivity contribution in [3.05, 3.63) is 59.2 Å². The number of aldehydes is 1. The van der Waals surface area contributed by atoms with Crippen LogP contribution in [0.1, 0.15) is 50.8 Å². The van der Waals surface area contributed by atoms with Crippen molar-refractivity contribution in [2.45, 2.75) is 53.6 Å². The quantitative estimate of drug-likeness (QED) is 0.350. The lowest BCUT2D eigenvalue weighted by molar-refractivity contribution is -0.109. The molecule has 1 aromatic carbocycles. The molecule has 1 N–H and O–H groups in total. The molecule has 4 aromatic rings. The van der Waals surface area contributed by atoms with Gasteiger partial charge in [0.05, 0.1) is 18.3 Å². The molecule has 0 amide bonds. The van der Waals surface area contributed by atoms with Crippen molar-refractivity contribution in [1.82, 2.24) is 29.4 Å². The number of imidazole rings is 1. The van der Waals surface area contributed by atoms with E-state index in [0.29, 0.717) is 35.8 Å². The minimum Gasteiger partial charge on any atom is -0.326 e. The van der Waals surface area contributed by atoms with E-state index in [0.717, 1.165) is 36.7 Å². The van der Waals surface area contributed by atoms with Crippen LogP contribution >= 0.6 is 0 Å². The van der Waals surface area contributed by atoms with Gasteiger partial charge in [-0.1, -0.05) is 19.9 Å². The van der Waals surface area contributed by atoms with E-state index >= 15 is 0 Å². The monoisotopic (exact) mass is 507 g/mol. The Morgan fingerprint density at radius 1 is 1.11 bits per heavy atom. The Balaban J connectivity index is 0.00000156. The Bertz CT molecular complexity index is 1430.